The minimum Gasteiger partial charge on any atom is -0.316 e. The predicted molar refractivity (Wildman–Crippen MR) is 77.5 cm³/mol. The van der Waals surface area contributed by atoms with E-state index in [1.54, 1.807) is 7.05 Å². The number of benzene rings is 1. The van der Waals surface area contributed by atoms with E-state index >= 15 is 0 Å². The lowest BCUT2D eigenvalue weighted by Crippen LogP contribution is -2.23. The van der Waals surface area contributed by atoms with E-state index in [2.05, 4.69) is 10.0 Å². The molecule has 7 heteroatoms. The van der Waals surface area contributed by atoms with Crippen molar-refractivity contribution in [2.75, 3.05) is 7.05 Å². The zero-order valence-corrected chi connectivity index (χ0v) is 12.5. The van der Waals surface area contributed by atoms with E-state index in [1.165, 1.54) is 29.5 Å². The van der Waals surface area contributed by atoms with Gasteiger partial charge in [0.2, 0.25) is 10.0 Å². The Morgan fingerprint density at radius 2 is 2.05 bits per heavy atom. The molecular formula is C13H15FN2O2S2. The number of rotatable bonds is 6. The minimum absolute atomic E-state index is 0.0701. The first kappa shape index (κ1) is 15.1. The summed E-state index contributed by atoms with van der Waals surface area (Å²) in [7, 11) is -1.96. The van der Waals surface area contributed by atoms with E-state index in [1.807, 2.05) is 17.5 Å². The zero-order valence-electron chi connectivity index (χ0n) is 10.9. The van der Waals surface area contributed by atoms with Crippen LogP contribution in [0.25, 0.3) is 0 Å². The summed E-state index contributed by atoms with van der Waals surface area (Å²) in [4.78, 5) is 0.992. The molecule has 2 N–H and O–H groups in total. The molecule has 1 aromatic carbocycles. The Morgan fingerprint density at radius 1 is 1.25 bits per heavy atom. The van der Waals surface area contributed by atoms with E-state index < -0.39 is 15.8 Å². The average Bonchev–Trinajstić information content (AvgIpc) is 2.92. The summed E-state index contributed by atoms with van der Waals surface area (Å²) in [6.45, 7) is 0.513. The Labute approximate surface area is 121 Å². The third kappa shape index (κ3) is 3.63. The molecular weight excluding hydrogens is 299 g/mol. The van der Waals surface area contributed by atoms with Crippen LogP contribution in [0, 0.1) is 5.82 Å². The molecule has 0 aliphatic heterocycles. The van der Waals surface area contributed by atoms with Crippen LogP contribution in [0.3, 0.4) is 0 Å². The van der Waals surface area contributed by atoms with Crippen LogP contribution in [0.1, 0.15) is 10.4 Å². The van der Waals surface area contributed by atoms with E-state index in [0.29, 0.717) is 5.56 Å². The van der Waals surface area contributed by atoms with Gasteiger partial charge >= 0.3 is 0 Å². The number of hydrogen-bond donors (Lipinski definition) is 2. The number of hydrogen-bond acceptors (Lipinski definition) is 4. The zero-order chi connectivity index (χ0) is 14.6. The maximum atomic E-state index is 13.5. The molecule has 0 aliphatic carbocycles. The molecule has 1 aromatic heterocycles. The summed E-state index contributed by atoms with van der Waals surface area (Å²) in [5.74, 6) is -0.420. The Bertz CT molecular complexity index is 670. The van der Waals surface area contributed by atoms with Gasteiger partial charge < -0.3 is 5.32 Å². The van der Waals surface area contributed by atoms with Crippen molar-refractivity contribution in [1.29, 1.82) is 0 Å². The van der Waals surface area contributed by atoms with Gasteiger partial charge in [-0.05, 0) is 36.7 Å². The lowest BCUT2D eigenvalue weighted by molar-refractivity contribution is 0.578. The number of halogens is 1. The lowest BCUT2D eigenvalue weighted by atomic mass is 10.2. The van der Waals surface area contributed by atoms with Crippen LogP contribution >= 0.6 is 11.3 Å². The van der Waals surface area contributed by atoms with Crippen molar-refractivity contribution in [1.82, 2.24) is 10.0 Å². The molecule has 1 heterocycles. The third-order valence-electron chi connectivity index (χ3n) is 2.71. The number of thiophene rings is 1. The summed E-state index contributed by atoms with van der Waals surface area (Å²) >= 11 is 1.48. The summed E-state index contributed by atoms with van der Waals surface area (Å²) in [6, 6.07) is 7.50. The molecule has 0 saturated carbocycles. The fourth-order valence-corrected chi connectivity index (χ4v) is 3.50. The summed E-state index contributed by atoms with van der Waals surface area (Å²) in [6.07, 6.45) is 0. The van der Waals surface area contributed by atoms with Crippen LogP contribution in [0.5, 0.6) is 0 Å². The van der Waals surface area contributed by atoms with Crippen molar-refractivity contribution in [3.63, 3.8) is 0 Å². The molecule has 0 radical (unpaired) electrons. The van der Waals surface area contributed by atoms with Gasteiger partial charge in [0.25, 0.3) is 0 Å². The van der Waals surface area contributed by atoms with Crippen LogP contribution in [0.2, 0.25) is 0 Å². The third-order valence-corrected chi connectivity index (χ3v) is 4.99. The highest BCUT2D eigenvalue weighted by Crippen LogP contribution is 2.16. The topological polar surface area (TPSA) is 58.2 Å². The normalized spacial score (nSPS) is 11.7. The van der Waals surface area contributed by atoms with Gasteiger partial charge in [-0.1, -0.05) is 6.07 Å². The largest absolute Gasteiger partial charge is 0.316 e. The van der Waals surface area contributed by atoms with Gasteiger partial charge in [0.15, 0.2) is 0 Å². The van der Waals surface area contributed by atoms with Gasteiger partial charge in [0.05, 0.1) is 4.90 Å². The quantitative estimate of drug-likeness (QED) is 0.858. The van der Waals surface area contributed by atoms with E-state index in [4.69, 9.17) is 0 Å². The van der Waals surface area contributed by atoms with Crippen LogP contribution in [0.15, 0.2) is 40.6 Å². The van der Waals surface area contributed by atoms with E-state index in [9.17, 15) is 12.8 Å². The first-order valence-corrected chi connectivity index (χ1v) is 8.34. The fraction of sp³-hybridized carbons (Fsp3) is 0.231. The van der Waals surface area contributed by atoms with Gasteiger partial charge in [0, 0.05) is 23.5 Å². The highest BCUT2D eigenvalue weighted by atomic mass is 32.2. The van der Waals surface area contributed by atoms with Crippen molar-refractivity contribution in [2.45, 2.75) is 18.0 Å². The highest BCUT2D eigenvalue weighted by molar-refractivity contribution is 7.89. The van der Waals surface area contributed by atoms with Crippen LogP contribution in [-0.4, -0.2) is 15.5 Å². The first-order valence-electron chi connectivity index (χ1n) is 5.98. The molecule has 0 atom stereocenters. The molecule has 0 fully saturated rings. The summed E-state index contributed by atoms with van der Waals surface area (Å²) < 4.78 is 40.3. The van der Waals surface area contributed by atoms with E-state index in [-0.39, 0.29) is 18.0 Å². The molecule has 0 unspecified atom stereocenters. The second kappa shape index (κ2) is 6.45. The second-order valence-electron chi connectivity index (χ2n) is 4.19. The van der Waals surface area contributed by atoms with Crippen LogP contribution in [0.4, 0.5) is 4.39 Å². The SMILES string of the molecule is CNCc1cc(S(=O)(=O)NCc2cccs2)ccc1F. The first-order chi connectivity index (χ1) is 9.53. The standard InChI is InChI=1S/C13H15FN2O2S2/c1-15-8-10-7-12(4-5-13(10)14)20(17,18)16-9-11-3-2-6-19-11/h2-7,15-16H,8-9H2,1H3. The number of sulfonamides is 1. The lowest BCUT2D eigenvalue weighted by Gasteiger charge is -2.08. The molecule has 0 saturated heterocycles. The average molecular weight is 314 g/mol. The maximum absolute atomic E-state index is 13.5. The Hall–Kier alpha value is -1.28. The van der Waals surface area contributed by atoms with Gasteiger partial charge in [-0.3, -0.25) is 0 Å². The summed E-state index contributed by atoms with van der Waals surface area (Å²) in [5.41, 5.74) is 0.325. The smallest absolute Gasteiger partial charge is 0.240 e. The molecule has 0 amide bonds. The predicted octanol–water partition coefficient (Wildman–Crippen LogP) is 2.09. The molecule has 2 rings (SSSR count). The van der Waals surface area contributed by atoms with E-state index in [0.717, 1.165) is 4.88 Å². The fourth-order valence-electron chi connectivity index (χ4n) is 1.71. The van der Waals surface area contributed by atoms with Crippen molar-refractivity contribution in [2.24, 2.45) is 0 Å². The van der Waals surface area contributed by atoms with Crippen LogP contribution in [-0.2, 0) is 23.1 Å². The number of nitrogens with one attached hydrogen (secondary N) is 2. The van der Waals surface area contributed by atoms with Crippen molar-refractivity contribution in [3.8, 4) is 0 Å². The molecule has 0 bridgehead atoms. The molecule has 20 heavy (non-hydrogen) atoms. The molecule has 0 aliphatic rings. The van der Waals surface area contributed by atoms with Gasteiger partial charge in [-0.2, -0.15) is 0 Å². The molecule has 4 nitrogen and oxygen atoms in total. The highest BCUT2D eigenvalue weighted by Gasteiger charge is 2.16. The minimum atomic E-state index is -3.63. The second-order valence-corrected chi connectivity index (χ2v) is 6.99. The van der Waals surface area contributed by atoms with Gasteiger partial charge in [0.1, 0.15) is 5.82 Å². The van der Waals surface area contributed by atoms with Crippen molar-refractivity contribution in [3.05, 3.63) is 52.0 Å². The maximum Gasteiger partial charge on any atom is 0.240 e. The van der Waals surface area contributed by atoms with Gasteiger partial charge in [-0.15, -0.1) is 11.3 Å². The summed E-state index contributed by atoms with van der Waals surface area (Å²) in [5, 5.41) is 4.69. The van der Waals surface area contributed by atoms with Crippen LogP contribution < -0.4 is 10.0 Å². The molecule has 108 valence electrons. The Kier molecular flexibility index (Phi) is 4.87. The van der Waals surface area contributed by atoms with Crippen molar-refractivity contribution < 1.29 is 12.8 Å². The Morgan fingerprint density at radius 3 is 2.70 bits per heavy atom. The molecule has 0 spiro atoms. The Balaban J connectivity index is 2.18. The van der Waals surface area contributed by atoms with Crippen molar-refractivity contribution >= 4 is 21.4 Å². The molecule has 2 aromatic rings. The van der Waals surface area contributed by atoms with Gasteiger partial charge in [-0.25, -0.2) is 17.5 Å². The monoisotopic (exact) mass is 314 g/mol.